The van der Waals surface area contributed by atoms with Gasteiger partial charge in [-0.3, -0.25) is 14.5 Å². The lowest BCUT2D eigenvalue weighted by Crippen LogP contribution is -2.50. The largest absolute Gasteiger partial charge is 0.500 e. The fourth-order valence-electron chi connectivity index (χ4n) is 6.19. The SMILES string of the molecule is COC1=CC=CCC1C(=O)NCC1(c2ccccc2)CCC(N2C(=O)[C@@H]3CCCN3C2=O)CC1. The van der Waals surface area contributed by atoms with Crippen LogP contribution in [0.15, 0.2) is 54.3 Å². The van der Waals surface area contributed by atoms with E-state index in [0.717, 1.165) is 38.5 Å². The molecule has 34 heavy (non-hydrogen) atoms. The van der Waals surface area contributed by atoms with E-state index in [4.69, 9.17) is 4.74 Å². The monoisotopic (exact) mass is 463 g/mol. The summed E-state index contributed by atoms with van der Waals surface area (Å²) in [6.45, 7) is 1.21. The van der Waals surface area contributed by atoms with Gasteiger partial charge in [-0.2, -0.15) is 0 Å². The van der Waals surface area contributed by atoms with E-state index < -0.39 is 0 Å². The molecular weight excluding hydrogens is 430 g/mol. The predicted octanol–water partition coefficient (Wildman–Crippen LogP) is 3.52. The smallest absolute Gasteiger partial charge is 0.327 e. The van der Waals surface area contributed by atoms with Gasteiger partial charge in [0, 0.05) is 24.5 Å². The molecule has 1 aromatic carbocycles. The molecular formula is C27H33N3O4. The first-order valence-corrected chi connectivity index (χ1v) is 12.4. The van der Waals surface area contributed by atoms with Gasteiger partial charge in [0.25, 0.3) is 5.91 Å². The lowest BCUT2D eigenvalue weighted by molar-refractivity contribution is -0.130. The first-order valence-electron chi connectivity index (χ1n) is 12.4. The minimum absolute atomic E-state index is 0.0164. The Labute approximate surface area is 200 Å². The molecule has 7 nitrogen and oxygen atoms in total. The van der Waals surface area contributed by atoms with Gasteiger partial charge in [-0.05, 0) is 56.6 Å². The number of hydrogen-bond acceptors (Lipinski definition) is 4. The lowest BCUT2D eigenvalue weighted by Gasteiger charge is -2.43. The summed E-state index contributed by atoms with van der Waals surface area (Å²) in [5.41, 5.74) is 0.969. The van der Waals surface area contributed by atoms with Crippen molar-refractivity contribution < 1.29 is 19.1 Å². The highest BCUT2D eigenvalue weighted by molar-refractivity contribution is 6.04. The molecule has 7 heteroatoms. The van der Waals surface area contributed by atoms with Crippen LogP contribution in [0.5, 0.6) is 0 Å². The van der Waals surface area contributed by atoms with Crippen molar-refractivity contribution in [3.63, 3.8) is 0 Å². The zero-order valence-corrected chi connectivity index (χ0v) is 19.7. The van der Waals surface area contributed by atoms with E-state index in [1.54, 1.807) is 16.9 Å². The molecule has 0 radical (unpaired) electrons. The number of rotatable bonds is 6. The third-order valence-electron chi connectivity index (χ3n) is 8.16. The Kier molecular flexibility index (Phi) is 6.19. The average molecular weight is 464 g/mol. The van der Waals surface area contributed by atoms with E-state index in [-0.39, 0.29) is 41.3 Å². The normalized spacial score (nSPS) is 30.9. The van der Waals surface area contributed by atoms with Gasteiger partial charge in [-0.15, -0.1) is 0 Å². The van der Waals surface area contributed by atoms with E-state index >= 15 is 0 Å². The maximum atomic E-state index is 13.1. The molecule has 4 amide bonds. The third-order valence-corrected chi connectivity index (χ3v) is 8.16. The molecule has 0 spiro atoms. The molecule has 2 saturated heterocycles. The fourth-order valence-corrected chi connectivity index (χ4v) is 6.19. The van der Waals surface area contributed by atoms with Crippen LogP contribution in [0.4, 0.5) is 4.79 Å². The molecule has 1 N–H and O–H groups in total. The Morgan fingerprint density at radius 2 is 1.91 bits per heavy atom. The molecule has 5 rings (SSSR count). The number of ether oxygens (including phenoxy) is 1. The van der Waals surface area contributed by atoms with Crippen molar-refractivity contribution in [2.24, 2.45) is 5.92 Å². The highest BCUT2D eigenvalue weighted by atomic mass is 16.5. The number of carbonyl (C=O) groups is 3. The number of methoxy groups -OCH3 is 1. The number of allylic oxidation sites excluding steroid dienone is 3. The summed E-state index contributed by atoms with van der Waals surface area (Å²) in [7, 11) is 1.60. The number of amides is 4. The molecule has 1 saturated carbocycles. The molecule has 2 aliphatic heterocycles. The summed E-state index contributed by atoms with van der Waals surface area (Å²) in [4.78, 5) is 42.3. The second-order valence-electron chi connectivity index (χ2n) is 9.93. The molecule has 1 unspecified atom stereocenters. The van der Waals surface area contributed by atoms with Gasteiger partial charge in [-0.1, -0.05) is 42.5 Å². The lowest BCUT2D eigenvalue weighted by atomic mass is 9.67. The molecule has 2 heterocycles. The zero-order valence-electron chi connectivity index (χ0n) is 19.7. The van der Waals surface area contributed by atoms with Crippen LogP contribution < -0.4 is 5.32 Å². The number of imide groups is 1. The van der Waals surface area contributed by atoms with Crippen molar-refractivity contribution in [1.82, 2.24) is 15.1 Å². The predicted molar refractivity (Wildman–Crippen MR) is 128 cm³/mol. The van der Waals surface area contributed by atoms with Crippen molar-refractivity contribution in [2.45, 2.75) is 62.4 Å². The molecule has 3 fully saturated rings. The Bertz CT molecular complexity index is 988. The standard InChI is InChI=1S/C27H33N3O4/c1-34-23-12-6-5-10-21(23)24(31)28-18-27(19-8-3-2-4-9-19)15-13-20(14-16-27)30-25(32)22-11-7-17-29(22)26(30)33/h2-6,8-9,12,20-22H,7,10-11,13-18H2,1H3,(H,28,31)/t20?,21?,22-,27?/m0/s1. The van der Waals surface area contributed by atoms with Gasteiger partial charge in [0.15, 0.2) is 0 Å². The molecule has 4 aliphatic rings. The Balaban J connectivity index is 1.30. The average Bonchev–Trinajstić information content (AvgIpc) is 3.46. The summed E-state index contributed by atoms with van der Waals surface area (Å²) < 4.78 is 5.42. The number of nitrogens with zero attached hydrogens (tertiary/aromatic N) is 2. The fraction of sp³-hybridized carbons (Fsp3) is 0.519. The van der Waals surface area contributed by atoms with Crippen molar-refractivity contribution in [2.75, 3.05) is 20.2 Å². The molecule has 180 valence electrons. The van der Waals surface area contributed by atoms with E-state index in [2.05, 4.69) is 17.4 Å². The van der Waals surface area contributed by atoms with Crippen molar-refractivity contribution >= 4 is 17.8 Å². The van der Waals surface area contributed by atoms with Crippen molar-refractivity contribution in [1.29, 1.82) is 0 Å². The van der Waals surface area contributed by atoms with E-state index in [0.29, 0.717) is 25.3 Å². The van der Waals surface area contributed by atoms with Gasteiger partial charge in [-0.25, -0.2) is 4.79 Å². The van der Waals surface area contributed by atoms with E-state index in [1.807, 2.05) is 36.4 Å². The van der Waals surface area contributed by atoms with Crippen LogP contribution in [-0.4, -0.2) is 59.9 Å². The van der Waals surface area contributed by atoms with Gasteiger partial charge < -0.3 is 15.0 Å². The van der Waals surface area contributed by atoms with Crippen molar-refractivity contribution in [3.8, 4) is 0 Å². The summed E-state index contributed by atoms with van der Waals surface area (Å²) in [5.74, 6) is 0.328. The van der Waals surface area contributed by atoms with Crippen LogP contribution in [0.1, 0.15) is 50.5 Å². The summed E-state index contributed by atoms with van der Waals surface area (Å²) in [6, 6.07) is 9.89. The first-order chi connectivity index (χ1) is 16.5. The van der Waals surface area contributed by atoms with Crippen LogP contribution in [-0.2, 0) is 19.7 Å². The molecule has 0 aromatic heterocycles. The van der Waals surface area contributed by atoms with E-state index in [9.17, 15) is 14.4 Å². The minimum atomic E-state index is -0.313. The highest BCUT2D eigenvalue weighted by Crippen LogP contribution is 2.42. The number of hydrogen-bond donors (Lipinski definition) is 1. The Morgan fingerprint density at radius 1 is 1.15 bits per heavy atom. The van der Waals surface area contributed by atoms with Gasteiger partial charge in [0.1, 0.15) is 11.8 Å². The minimum Gasteiger partial charge on any atom is -0.500 e. The maximum absolute atomic E-state index is 13.1. The Morgan fingerprint density at radius 3 is 2.62 bits per heavy atom. The molecule has 2 aliphatic carbocycles. The second-order valence-corrected chi connectivity index (χ2v) is 9.93. The maximum Gasteiger partial charge on any atom is 0.327 e. The van der Waals surface area contributed by atoms with Gasteiger partial charge in [0.2, 0.25) is 5.91 Å². The van der Waals surface area contributed by atoms with Crippen molar-refractivity contribution in [3.05, 3.63) is 59.9 Å². The molecule has 1 aromatic rings. The number of benzene rings is 1. The quantitative estimate of drug-likeness (QED) is 0.655. The van der Waals surface area contributed by atoms with E-state index in [1.165, 1.54) is 5.56 Å². The van der Waals surface area contributed by atoms with Crippen LogP contribution in [0.25, 0.3) is 0 Å². The van der Waals surface area contributed by atoms with Crippen LogP contribution in [0.2, 0.25) is 0 Å². The number of urea groups is 1. The summed E-state index contributed by atoms with van der Waals surface area (Å²) in [6.07, 6.45) is 11.2. The first kappa shape index (κ1) is 22.7. The van der Waals surface area contributed by atoms with Gasteiger partial charge in [0.05, 0.1) is 13.0 Å². The summed E-state index contributed by atoms with van der Waals surface area (Å²) in [5, 5.41) is 3.21. The third kappa shape index (κ3) is 3.91. The Hall–Kier alpha value is -3.09. The number of carbonyl (C=O) groups excluding carboxylic acids is 3. The summed E-state index contributed by atoms with van der Waals surface area (Å²) >= 11 is 0. The van der Waals surface area contributed by atoms with Gasteiger partial charge >= 0.3 is 6.03 Å². The number of fused-ring (bicyclic) bond motifs is 1. The molecule has 2 atom stereocenters. The van der Waals surface area contributed by atoms with Crippen LogP contribution >= 0.6 is 0 Å². The topological polar surface area (TPSA) is 79.0 Å². The van der Waals surface area contributed by atoms with Crippen LogP contribution in [0, 0.1) is 5.92 Å². The second kappa shape index (κ2) is 9.28. The molecule has 0 bridgehead atoms. The number of nitrogens with one attached hydrogen (secondary N) is 1. The van der Waals surface area contributed by atoms with Crippen LogP contribution in [0.3, 0.4) is 0 Å². The zero-order chi connectivity index (χ0) is 23.7. The highest BCUT2D eigenvalue weighted by Gasteiger charge is 2.51.